The summed E-state index contributed by atoms with van der Waals surface area (Å²) in [6, 6.07) is 11.5. The maximum Gasteiger partial charge on any atom is 0.176 e. The number of aromatic nitrogens is 3. The minimum absolute atomic E-state index is 0.664. The van der Waals surface area contributed by atoms with E-state index in [4.69, 9.17) is 11.6 Å². The highest BCUT2D eigenvalue weighted by Crippen LogP contribution is 2.23. The van der Waals surface area contributed by atoms with Crippen LogP contribution in [0.15, 0.2) is 59.5 Å². The molecule has 0 spiro atoms. The Bertz CT molecular complexity index is 743. The second-order valence-electron chi connectivity index (χ2n) is 4.41. The number of rotatable bonds is 4. The molecular weight excluding hydrogens is 352 g/mol. The SMILES string of the molecule is Clc1ccc(CNc2cccnc2-n2cccn2)c(Br)c1. The first kappa shape index (κ1) is 14.1. The first-order valence-electron chi connectivity index (χ1n) is 6.37. The third-order valence-corrected chi connectivity index (χ3v) is 3.97. The second kappa shape index (κ2) is 6.28. The normalized spacial score (nSPS) is 10.6. The molecule has 6 heteroatoms. The summed E-state index contributed by atoms with van der Waals surface area (Å²) in [6.45, 7) is 0.664. The molecule has 0 aliphatic rings. The summed E-state index contributed by atoms with van der Waals surface area (Å²) < 4.78 is 2.71. The largest absolute Gasteiger partial charge is 0.378 e. The van der Waals surface area contributed by atoms with Gasteiger partial charge in [-0.2, -0.15) is 5.10 Å². The Morgan fingerprint density at radius 1 is 1.19 bits per heavy atom. The molecule has 4 nitrogen and oxygen atoms in total. The lowest BCUT2D eigenvalue weighted by molar-refractivity contribution is 0.846. The van der Waals surface area contributed by atoms with Crippen molar-refractivity contribution < 1.29 is 0 Å². The van der Waals surface area contributed by atoms with Crippen LogP contribution in [0.3, 0.4) is 0 Å². The van der Waals surface area contributed by atoms with Gasteiger partial charge in [-0.3, -0.25) is 0 Å². The Labute approximate surface area is 135 Å². The van der Waals surface area contributed by atoms with Gasteiger partial charge in [0.05, 0.1) is 5.69 Å². The molecule has 0 saturated heterocycles. The van der Waals surface area contributed by atoms with Crippen molar-refractivity contribution in [1.29, 1.82) is 0 Å². The van der Waals surface area contributed by atoms with Crippen molar-refractivity contribution in [2.45, 2.75) is 6.54 Å². The summed E-state index contributed by atoms with van der Waals surface area (Å²) in [5.74, 6) is 0.771. The van der Waals surface area contributed by atoms with Crippen LogP contribution in [-0.4, -0.2) is 14.8 Å². The number of anilines is 1. The van der Waals surface area contributed by atoms with Gasteiger partial charge in [0.25, 0.3) is 0 Å². The van der Waals surface area contributed by atoms with E-state index >= 15 is 0 Å². The predicted octanol–water partition coefficient (Wildman–Crippen LogP) is 4.30. The van der Waals surface area contributed by atoms with Gasteiger partial charge in [0.2, 0.25) is 0 Å². The van der Waals surface area contributed by atoms with Crippen molar-refractivity contribution >= 4 is 33.2 Å². The van der Waals surface area contributed by atoms with Crippen molar-refractivity contribution in [2.24, 2.45) is 0 Å². The number of nitrogens with zero attached hydrogens (tertiary/aromatic N) is 3. The number of hydrogen-bond acceptors (Lipinski definition) is 3. The maximum absolute atomic E-state index is 5.95. The van der Waals surface area contributed by atoms with Gasteiger partial charge in [-0.15, -0.1) is 0 Å². The molecule has 0 amide bonds. The molecule has 21 heavy (non-hydrogen) atoms. The Balaban J connectivity index is 1.83. The van der Waals surface area contributed by atoms with Gasteiger partial charge >= 0.3 is 0 Å². The standard InChI is InChI=1S/C15H12BrClN4/c16-13-9-12(17)5-4-11(13)10-19-14-3-1-6-18-15(14)21-8-2-7-20-21/h1-9,19H,10H2. The molecule has 3 aromatic rings. The fourth-order valence-corrected chi connectivity index (χ4v) is 2.79. The summed E-state index contributed by atoms with van der Waals surface area (Å²) in [5.41, 5.74) is 2.04. The third-order valence-electron chi connectivity index (χ3n) is 2.99. The minimum Gasteiger partial charge on any atom is -0.378 e. The van der Waals surface area contributed by atoms with Crippen LogP contribution in [0.4, 0.5) is 5.69 Å². The molecule has 1 aromatic carbocycles. The van der Waals surface area contributed by atoms with Crippen LogP contribution in [0.25, 0.3) is 5.82 Å². The highest BCUT2D eigenvalue weighted by atomic mass is 79.9. The van der Waals surface area contributed by atoms with Crippen LogP contribution in [0, 0.1) is 0 Å². The summed E-state index contributed by atoms with van der Waals surface area (Å²) >= 11 is 9.48. The van der Waals surface area contributed by atoms with Gasteiger partial charge in [0.1, 0.15) is 0 Å². The van der Waals surface area contributed by atoms with Crippen molar-refractivity contribution in [1.82, 2.24) is 14.8 Å². The zero-order valence-electron chi connectivity index (χ0n) is 11.0. The van der Waals surface area contributed by atoms with Gasteiger partial charge in [0, 0.05) is 34.6 Å². The fourth-order valence-electron chi connectivity index (χ4n) is 1.97. The van der Waals surface area contributed by atoms with Gasteiger partial charge < -0.3 is 5.32 Å². The summed E-state index contributed by atoms with van der Waals surface area (Å²) in [6.07, 6.45) is 5.35. The average Bonchev–Trinajstić information content (AvgIpc) is 3.01. The quantitative estimate of drug-likeness (QED) is 0.751. The predicted molar refractivity (Wildman–Crippen MR) is 87.8 cm³/mol. The molecule has 0 fully saturated rings. The maximum atomic E-state index is 5.95. The van der Waals surface area contributed by atoms with Gasteiger partial charge in [-0.1, -0.05) is 33.6 Å². The smallest absolute Gasteiger partial charge is 0.176 e. The third kappa shape index (κ3) is 3.25. The number of benzene rings is 1. The molecule has 0 aliphatic heterocycles. The van der Waals surface area contributed by atoms with Crippen LogP contribution in [0.2, 0.25) is 5.02 Å². The van der Waals surface area contributed by atoms with Gasteiger partial charge in [-0.05, 0) is 35.9 Å². The summed E-state index contributed by atoms with van der Waals surface area (Å²) in [4.78, 5) is 4.38. The molecule has 2 heterocycles. The lowest BCUT2D eigenvalue weighted by Gasteiger charge is -2.12. The Kier molecular flexibility index (Phi) is 4.22. The molecule has 106 valence electrons. The van der Waals surface area contributed by atoms with Crippen molar-refractivity contribution in [3.63, 3.8) is 0 Å². The first-order valence-corrected chi connectivity index (χ1v) is 7.54. The van der Waals surface area contributed by atoms with E-state index in [9.17, 15) is 0 Å². The monoisotopic (exact) mass is 362 g/mol. The fraction of sp³-hybridized carbons (Fsp3) is 0.0667. The minimum atomic E-state index is 0.664. The lowest BCUT2D eigenvalue weighted by Crippen LogP contribution is -2.06. The molecular formula is C15H12BrClN4. The molecule has 1 N–H and O–H groups in total. The highest BCUT2D eigenvalue weighted by Gasteiger charge is 2.07. The lowest BCUT2D eigenvalue weighted by atomic mass is 10.2. The van der Waals surface area contributed by atoms with E-state index in [0.29, 0.717) is 11.6 Å². The first-order chi connectivity index (χ1) is 10.2. The van der Waals surface area contributed by atoms with Gasteiger partial charge in [0.15, 0.2) is 5.82 Å². The molecule has 2 aromatic heterocycles. The number of halogens is 2. The topological polar surface area (TPSA) is 42.7 Å². The Hall–Kier alpha value is -1.85. The van der Waals surface area contributed by atoms with E-state index in [-0.39, 0.29) is 0 Å². The Morgan fingerprint density at radius 2 is 2.10 bits per heavy atom. The summed E-state index contributed by atoms with van der Waals surface area (Å²) in [7, 11) is 0. The van der Waals surface area contributed by atoms with Crippen LogP contribution >= 0.6 is 27.5 Å². The van der Waals surface area contributed by atoms with Gasteiger partial charge in [-0.25, -0.2) is 9.67 Å². The highest BCUT2D eigenvalue weighted by molar-refractivity contribution is 9.10. The second-order valence-corrected chi connectivity index (χ2v) is 5.71. The molecule has 3 rings (SSSR count). The molecule has 0 aliphatic carbocycles. The molecule has 0 saturated carbocycles. The van der Waals surface area contributed by atoms with E-state index in [1.807, 2.05) is 42.6 Å². The van der Waals surface area contributed by atoms with E-state index in [0.717, 1.165) is 21.5 Å². The molecule has 0 unspecified atom stereocenters. The molecule has 0 radical (unpaired) electrons. The number of pyridine rings is 1. The molecule has 0 bridgehead atoms. The Morgan fingerprint density at radius 3 is 2.86 bits per heavy atom. The van der Waals surface area contributed by atoms with E-state index in [1.165, 1.54) is 0 Å². The van der Waals surface area contributed by atoms with Crippen LogP contribution in [0.5, 0.6) is 0 Å². The van der Waals surface area contributed by atoms with Crippen LogP contribution in [0.1, 0.15) is 5.56 Å². The van der Waals surface area contributed by atoms with Crippen LogP contribution in [-0.2, 0) is 6.54 Å². The van der Waals surface area contributed by atoms with E-state index < -0.39 is 0 Å². The average molecular weight is 364 g/mol. The number of nitrogens with one attached hydrogen (secondary N) is 1. The number of hydrogen-bond donors (Lipinski definition) is 1. The van der Waals surface area contributed by atoms with Crippen molar-refractivity contribution in [2.75, 3.05) is 5.32 Å². The van der Waals surface area contributed by atoms with Crippen molar-refractivity contribution in [3.05, 3.63) is 70.0 Å². The van der Waals surface area contributed by atoms with E-state index in [2.05, 4.69) is 31.3 Å². The van der Waals surface area contributed by atoms with Crippen LogP contribution < -0.4 is 5.32 Å². The zero-order chi connectivity index (χ0) is 14.7. The van der Waals surface area contributed by atoms with Crippen molar-refractivity contribution in [3.8, 4) is 5.82 Å². The molecule has 0 atom stereocenters. The van der Waals surface area contributed by atoms with E-state index in [1.54, 1.807) is 17.1 Å². The zero-order valence-corrected chi connectivity index (χ0v) is 13.3. The summed E-state index contributed by atoms with van der Waals surface area (Å²) in [5, 5.41) is 8.31.